The van der Waals surface area contributed by atoms with Gasteiger partial charge in [0.1, 0.15) is 0 Å². The number of nitro groups is 1. The van der Waals surface area contributed by atoms with Crippen LogP contribution in [0, 0.1) is 10.1 Å². The molecule has 78 valence electrons. The van der Waals surface area contributed by atoms with E-state index in [4.69, 9.17) is 0 Å². The van der Waals surface area contributed by atoms with Gasteiger partial charge in [0.15, 0.2) is 0 Å². The SMILES string of the molecule is CCN1C=Cc2cccc([N+](=O)[O-])c2C1. The smallest absolute Gasteiger partial charge is 0.274 e. The standard InChI is InChI=1S/C11H12N2O2/c1-2-12-7-6-9-4-3-5-11(13(14)15)10(9)8-12/h3-7H,2,8H2,1H3. The summed E-state index contributed by atoms with van der Waals surface area (Å²) >= 11 is 0. The van der Waals surface area contributed by atoms with Crippen LogP contribution in [0.15, 0.2) is 24.4 Å². The largest absolute Gasteiger partial charge is 0.373 e. The van der Waals surface area contributed by atoms with Crippen molar-refractivity contribution >= 4 is 11.8 Å². The van der Waals surface area contributed by atoms with Gasteiger partial charge >= 0.3 is 0 Å². The van der Waals surface area contributed by atoms with Crippen molar-refractivity contribution in [3.63, 3.8) is 0 Å². The third-order valence-corrected chi connectivity index (χ3v) is 2.62. The minimum absolute atomic E-state index is 0.218. The molecule has 1 aromatic rings. The Kier molecular flexibility index (Phi) is 2.41. The van der Waals surface area contributed by atoms with Gasteiger partial charge in [-0.3, -0.25) is 10.1 Å². The van der Waals surface area contributed by atoms with Gasteiger partial charge in [0.25, 0.3) is 5.69 Å². The van der Waals surface area contributed by atoms with Crippen molar-refractivity contribution in [2.24, 2.45) is 0 Å². The van der Waals surface area contributed by atoms with E-state index in [9.17, 15) is 10.1 Å². The lowest BCUT2D eigenvalue weighted by molar-refractivity contribution is -0.385. The van der Waals surface area contributed by atoms with Crippen LogP contribution in [0.5, 0.6) is 0 Å². The Morgan fingerprint density at radius 2 is 2.33 bits per heavy atom. The van der Waals surface area contributed by atoms with Crippen molar-refractivity contribution in [3.8, 4) is 0 Å². The van der Waals surface area contributed by atoms with Crippen LogP contribution in [0.4, 0.5) is 5.69 Å². The summed E-state index contributed by atoms with van der Waals surface area (Å²) in [6.45, 7) is 3.52. The Bertz CT molecular complexity index is 427. The zero-order valence-corrected chi connectivity index (χ0v) is 8.51. The molecule has 0 amide bonds. The first-order chi connectivity index (χ1) is 7.22. The maximum Gasteiger partial charge on any atom is 0.274 e. The molecular formula is C11H12N2O2. The Balaban J connectivity index is 2.48. The van der Waals surface area contributed by atoms with Crippen LogP contribution in [0.3, 0.4) is 0 Å². The normalized spacial score (nSPS) is 13.8. The Morgan fingerprint density at radius 3 is 3.00 bits per heavy atom. The molecule has 4 heteroatoms. The summed E-state index contributed by atoms with van der Waals surface area (Å²) in [7, 11) is 0. The van der Waals surface area contributed by atoms with E-state index in [0.29, 0.717) is 6.54 Å². The second-order valence-electron chi connectivity index (χ2n) is 3.48. The predicted molar refractivity (Wildman–Crippen MR) is 58.2 cm³/mol. The van der Waals surface area contributed by atoms with Crippen LogP contribution >= 0.6 is 0 Å². The average Bonchev–Trinajstić information content (AvgIpc) is 2.27. The van der Waals surface area contributed by atoms with Crippen LogP contribution in [0.2, 0.25) is 0 Å². The molecule has 0 spiro atoms. The monoisotopic (exact) mass is 204 g/mol. The summed E-state index contributed by atoms with van der Waals surface area (Å²) in [5, 5.41) is 10.8. The first-order valence-electron chi connectivity index (χ1n) is 4.91. The number of nitrogens with zero attached hydrogens (tertiary/aromatic N) is 2. The second kappa shape index (κ2) is 3.73. The second-order valence-corrected chi connectivity index (χ2v) is 3.48. The molecule has 1 aromatic carbocycles. The molecule has 0 bridgehead atoms. The molecule has 4 nitrogen and oxygen atoms in total. The van der Waals surface area contributed by atoms with Gasteiger partial charge in [-0.2, -0.15) is 0 Å². The van der Waals surface area contributed by atoms with Crippen molar-refractivity contribution < 1.29 is 4.92 Å². The lowest BCUT2D eigenvalue weighted by Crippen LogP contribution is -2.20. The van der Waals surface area contributed by atoms with Crippen molar-refractivity contribution in [2.75, 3.05) is 6.54 Å². The summed E-state index contributed by atoms with van der Waals surface area (Å²) in [5.41, 5.74) is 1.98. The topological polar surface area (TPSA) is 46.4 Å². The fourth-order valence-corrected chi connectivity index (χ4v) is 1.75. The summed E-state index contributed by atoms with van der Waals surface area (Å²) < 4.78 is 0. The number of benzene rings is 1. The van der Waals surface area contributed by atoms with E-state index >= 15 is 0 Å². The van der Waals surface area contributed by atoms with Crippen LogP contribution in [-0.2, 0) is 6.54 Å². The molecule has 0 aromatic heterocycles. The van der Waals surface area contributed by atoms with Gasteiger partial charge < -0.3 is 4.90 Å². The Hall–Kier alpha value is -1.84. The first-order valence-corrected chi connectivity index (χ1v) is 4.91. The molecule has 1 aliphatic rings. The Morgan fingerprint density at radius 1 is 1.53 bits per heavy atom. The molecule has 0 N–H and O–H groups in total. The molecule has 1 aliphatic heterocycles. The highest BCUT2D eigenvalue weighted by atomic mass is 16.6. The molecule has 0 saturated carbocycles. The van der Waals surface area contributed by atoms with E-state index in [1.807, 2.05) is 25.3 Å². The fraction of sp³-hybridized carbons (Fsp3) is 0.273. The summed E-state index contributed by atoms with van der Waals surface area (Å²) in [5.74, 6) is 0. The third-order valence-electron chi connectivity index (χ3n) is 2.62. The summed E-state index contributed by atoms with van der Waals surface area (Å²) in [6, 6.07) is 5.20. The van der Waals surface area contributed by atoms with Gasteiger partial charge in [-0.15, -0.1) is 0 Å². The minimum atomic E-state index is -0.314. The van der Waals surface area contributed by atoms with E-state index in [2.05, 4.69) is 4.90 Å². The van der Waals surface area contributed by atoms with E-state index < -0.39 is 0 Å². The van der Waals surface area contributed by atoms with Crippen LogP contribution < -0.4 is 0 Å². The predicted octanol–water partition coefficient (Wildman–Crippen LogP) is 2.40. The molecule has 15 heavy (non-hydrogen) atoms. The number of rotatable bonds is 2. The van der Waals surface area contributed by atoms with E-state index in [0.717, 1.165) is 17.7 Å². The van der Waals surface area contributed by atoms with Gasteiger partial charge in [-0.25, -0.2) is 0 Å². The molecule has 1 heterocycles. The minimum Gasteiger partial charge on any atom is -0.373 e. The van der Waals surface area contributed by atoms with Gasteiger partial charge in [-0.1, -0.05) is 12.1 Å². The number of nitro benzene ring substituents is 1. The van der Waals surface area contributed by atoms with Crippen LogP contribution in [0.25, 0.3) is 6.08 Å². The van der Waals surface area contributed by atoms with E-state index in [1.54, 1.807) is 12.1 Å². The summed E-state index contributed by atoms with van der Waals surface area (Å²) in [6.07, 6.45) is 3.90. The van der Waals surface area contributed by atoms with Gasteiger partial charge in [0, 0.05) is 19.2 Å². The molecule has 0 aliphatic carbocycles. The molecule has 0 fully saturated rings. The highest BCUT2D eigenvalue weighted by Crippen LogP contribution is 2.27. The van der Waals surface area contributed by atoms with Crippen molar-refractivity contribution in [1.29, 1.82) is 0 Å². The zero-order valence-electron chi connectivity index (χ0n) is 8.51. The molecule has 2 rings (SSSR count). The van der Waals surface area contributed by atoms with Gasteiger partial charge in [0.05, 0.1) is 10.5 Å². The highest BCUT2D eigenvalue weighted by molar-refractivity contribution is 5.61. The molecular weight excluding hydrogens is 192 g/mol. The molecule has 0 saturated heterocycles. The van der Waals surface area contributed by atoms with Gasteiger partial charge in [-0.05, 0) is 24.8 Å². The van der Waals surface area contributed by atoms with Crippen LogP contribution in [-0.4, -0.2) is 16.4 Å². The third kappa shape index (κ3) is 1.70. The van der Waals surface area contributed by atoms with Crippen molar-refractivity contribution in [1.82, 2.24) is 4.90 Å². The fourth-order valence-electron chi connectivity index (χ4n) is 1.75. The zero-order chi connectivity index (χ0) is 10.8. The van der Waals surface area contributed by atoms with Crippen LogP contribution in [0.1, 0.15) is 18.1 Å². The highest BCUT2D eigenvalue weighted by Gasteiger charge is 2.19. The number of hydrogen-bond donors (Lipinski definition) is 0. The van der Waals surface area contributed by atoms with Crippen molar-refractivity contribution in [2.45, 2.75) is 13.5 Å². The lowest BCUT2D eigenvalue weighted by atomic mass is 10.0. The lowest BCUT2D eigenvalue weighted by Gasteiger charge is -2.23. The Labute approximate surface area is 88.0 Å². The first kappa shape index (κ1) is 9.71. The maximum atomic E-state index is 10.8. The van der Waals surface area contributed by atoms with Gasteiger partial charge in [0.2, 0.25) is 0 Å². The maximum absolute atomic E-state index is 10.8. The average molecular weight is 204 g/mol. The molecule has 0 unspecified atom stereocenters. The van der Waals surface area contributed by atoms with E-state index in [-0.39, 0.29) is 10.6 Å². The molecule has 0 atom stereocenters. The van der Waals surface area contributed by atoms with E-state index in [1.165, 1.54) is 0 Å². The number of hydrogen-bond acceptors (Lipinski definition) is 3. The number of fused-ring (bicyclic) bond motifs is 1. The molecule has 0 radical (unpaired) electrons. The summed E-state index contributed by atoms with van der Waals surface area (Å²) in [4.78, 5) is 12.6. The quantitative estimate of drug-likeness (QED) is 0.549. The van der Waals surface area contributed by atoms with Crippen molar-refractivity contribution in [3.05, 3.63) is 45.6 Å².